The minimum absolute atomic E-state index is 0.248. The van der Waals surface area contributed by atoms with Crippen molar-refractivity contribution in [3.63, 3.8) is 0 Å². The summed E-state index contributed by atoms with van der Waals surface area (Å²) in [5, 5.41) is 13.1. The zero-order valence-electron chi connectivity index (χ0n) is 11.5. The molecule has 0 fully saturated rings. The van der Waals surface area contributed by atoms with Gasteiger partial charge in [0.2, 0.25) is 0 Å². The van der Waals surface area contributed by atoms with Gasteiger partial charge in [-0.2, -0.15) is 0 Å². The number of nitrogens with one attached hydrogen (secondary N) is 1. The third kappa shape index (κ3) is 3.37. The maximum Gasteiger partial charge on any atom is 0.339 e. The van der Waals surface area contributed by atoms with Crippen LogP contribution in [0.15, 0.2) is 28.7 Å². The molecule has 0 bridgehead atoms. The maximum absolute atomic E-state index is 11.4. The molecule has 0 aliphatic rings. The van der Waals surface area contributed by atoms with Crippen molar-refractivity contribution in [3.8, 4) is 0 Å². The predicted octanol–water partition coefficient (Wildman–Crippen LogP) is 2.65. The van der Waals surface area contributed by atoms with Crippen LogP contribution in [0.25, 0.3) is 11.0 Å². The Labute approximate surface area is 117 Å². The molecule has 1 heterocycles. The molecule has 20 heavy (non-hydrogen) atoms. The molecule has 2 aromatic rings. The van der Waals surface area contributed by atoms with Crippen LogP contribution in [0, 0.1) is 0 Å². The van der Waals surface area contributed by atoms with Gasteiger partial charge >= 0.3 is 5.97 Å². The lowest BCUT2D eigenvalue weighted by molar-refractivity contribution is 0.0696. The molecule has 1 aromatic carbocycles. The normalized spacial score (nSPS) is 11.1. The van der Waals surface area contributed by atoms with Gasteiger partial charge in [-0.15, -0.1) is 0 Å². The summed E-state index contributed by atoms with van der Waals surface area (Å²) in [7, 11) is 0. The van der Waals surface area contributed by atoms with Gasteiger partial charge in [0.05, 0.1) is 6.54 Å². The third-order valence-electron chi connectivity index (χ3n) is 3.01. The number of carboxylic acid groups (broad SMARTS) is 1. The van der Waals surface area contributed by atoms with Crippen molar-refractivity contribution in [3.05, 3.63) is 35.6 Å². The van der Waals surface area contributed by atoms with E-state index in [1.54, 1.807) is 12.1 Å². The molecule has 0 saturated heterocycles. The highest BCUT2D eigenvalue weighted by Gasteiger charge is 2.19. The Morgan fingerprint density at radius 3 is 2.95 bits per heavy atom. The second-order valence-electron chi connectivity index (χ2n) is 4.43. The third-order valence-corrected chi connectivity index (χ3v) is 3.01. The van der Waals surface area contributed by atoms with Crippen LogP contribution in [0.3, 0.4) is 0 Å². The standard InChI is InChI=1S/C15H19NO4/c1-2-19-9-5-8-16-10-13-14(15(17)18)11-6-3-4-7-12(11)20-13/h3-4,6-7,16H,2,5,8-10H2,1H3,(H,17,18). The minimum atomic E-state index is -0.957. The summed E-state index contributed by atoms with van der Waals surface area (Å²) in [5.41, 5.74) is 0.855. The molecule has 0 amide bonds. The van der Waals surface area contributed by atoms with Crippen molar-refractivity contribution < 1.29 is 19.1 Å². The Balaban J connectivity index is 2.02. The SMILES string of the molecule is CCOCCCNCc1oc2ccccc2c1C(=O)O. The van der Waals surface area contributed by atoms with Gasteiger partial charge in [0.25, 0.3) is 0 Å². The molecule has 5 heteroatoms. The minimum Gasteiger partial charge on any atom is -0.478 e. The van der Waals surface area contributed by atoms with Gasteiger partial charge in [-0.05, 0) is 26.0 Å². The molecule has 108 valence electrons. The molecule has 0 atom stereocenters. The molecule has 2 rings (SSSR count). The van der Waals surface area contributed by atoms with E-state index in [9.17, 15) is 9.90 Å². The van der Waals surface area contributed by atoms with Gasteiger partial charge in [0, 0.05) is 18.6 Å². The fourth-order valence-corrected chi connectivity index (χ4v) is 2.10. The number of aromatic carboxylic acids is 1. The van der Waals surface area contributed by atoms with Crippen LogP contribution in [0.2, 0.25) is 0 Å². The van der Waals surface area contributed by atoms with Crippen molar-refractivity contribution >= 4 is 16.9 Å². The Hall–Kier alpha value is -1.85. The number of ether oxygens (including phenoxy) is 1. The van der Waals surface area contributed by atoms with E-state index in [2.05, 4.69) is 5.32 Å². The van der Waals surface area contributed by atoms with Crippen molar-refractivity contribution in [2.75, 3.05) is 19.8 Å². The Bertz CT molecular complexity index is 576. The molecule has 0 aliphatic heterocycles. The average Bonchev–Trinajstić information content (AvgIpc) is 2.81. The average molecular weight is 277 g/mol. The topological polar surface area (TPSA) is 71.7 Å². The molecular weight excluding hydrogens is 258 g/mol. The first-order valence-electron chi connectivity index (χ1n) is 6.76. The smallest absolute Gasteiger partial charge is 0.339 e. The molecule has 5 nitrogen and oxygen atoms in total. The van der Waals surface area contributed by atoms with Crippen molar-refractivity contribution in [1.82, 2.24) is 5.32 Å². The molecule has 0 spiro atoms. The van der Waals surface area contributed by atoms with Gasteiger partial charge in [-0.3, -0.25) is 0 Å². The number of carboxylic acids is 1. The second-order valence-corrected chi connectivity index (χ2v) is 4.43. The second kappa shape index (κ2) is 7.07. The number of hydrogen-bond donors (Lipinski definition) is 2. The van der Waals surface area contributed by atoms with Crippen LogP contribution < -0.4 is 5.32 Å². The van der Waals surface area contributed by atoms with Gasteiger partial charge in [0.15, 0.2) is 0 Å². The molecule has 1 aromatic heterocycles. The zero-order chi connectivity index (χ0) is 14.4. The van der Waals surface area contributed by atoms with E-state index in [0.29, 0.717) is 36.5 Å². The lowest BCUT2D eigenvalue weighted by atomic mass is 10.1. The molecule has 0 unspecified atom stereocenters. The molecule has 0 aliphatic carbocycles. The number of hydrogen-bond acceptors (Lipinski definition) is 4. The first-order valence-corrected chi connectivity index (χ1v) is 6.76. The summed E-state index contributed by atoms with van der Waals surface area (Å²) in [6.45, 7) is 4.54. The van der Waals surface area contributed by atoms with E-state index in [1.807, 2.05) is 19.1 Å². The van der Waals surface area contributed by atoms with Crippen LogP contribution in [0.5, 0.6) is 0 Å². The molecule has 0 radical (unpaired) electrons. The number of furan rings is 1. The molecule has 0 saturated carbocycles. The first kappa shape index (κ1) is 14.6. The number of para-hydroxylation sites is 1. The molecule has 2 N–H and O–H groups in total. The van der Waals surface area contributed by atoms with E-state index in [0.717, 1.165) is 13.0 Å². The zero-order valence-corrected chi connectivity index (χ0v) is 11.5. The van der Waals surface area contributed by atoms with Crippen LogP contribution >= 0.6 is 0 Å². The van der Waals surface area contributed by atoms with Crippen molar-refractivity contribution in [1.29, 1.82) is 0 Å². The summed E-state index contributed by atoms with van der Waals surface area (Å²) in [6, 6.07) is 7.18. The largest absolute Gasteiger partial charge is 0.478 e. The van der Waals surface area contributed by atoms with E-state index in [1.165, 1.54) is 0 Å². The Morgan fingerprint density at radius 2 is 2.20 bits per heavy atom. The lowest BCUT2D eigenvalue weighted by Gasteiger charge is -2.03. The highest BCUT2D eigenvalue weighted by molar-refractivity contribution is 6.03. The number of carbonyl (C=O) groups is 1. The summed E-state index contributed by atoms with van der Waals surface area (Å²) < 4.78 is 10.9. The van der Waals surface area contributed by atoms with E-state index < -0.39 is 5.97 Å². The quantitative estimate of drug-likeness (QED) is 0.726. The van der Waals surface area contributed by atoms with Crippen molar-refractivity contribution in [2.45, 2.75) is 19.9 Å². The van der Waals surface area contributed by atoms with Gasteiger partial charge < -0.3 is 19.6 Å². The van der Waals surface area contributed by atoms with Crippen molar-refractivity contribution in [2.24, 2.45) is 0 Å². The highest BCUT2D eigenvalue weighted by atomic mass is 16.5. The van der Waals surface area contributed by atoms with Crippen LogP contribution in [0.4, 0.5) is 0 Å². The Kier molecular flexibility index (Phi) is 5.15. The van der Waals surface area contributed by atoms with Gasteiger partial charge in [-0.1, -0.05) is 18.2 Å². The summed E-state index contributed by atoms with van der Waals surface area (Å²) >= 11 is 0. The lowest BCUT2D eigenvalue weighted by Crippen LogP contribution is -2.17. The number of fused-ring (bicyclic) bond motifs is 1. The summed E-state index contributed by atoms with van der Waals surface area (Å²) in [6.07, 6.45) is 0.885. The van der Waals surface area contributed by atoms with Gasteiger partial charge in [-0.25, -0.2) is 4.79 Å². The van der Waals surface area contributed by atoms with Crippen LogP contribution in [-0.4, -0.2) is 30.8 Å². The number of rotatable bonds is 8. The van der Waals surface area contributed by atoms with E-state index in [4.69, 9.17) is 9.15 Å². The monoisotopic (exact) mass is 277 g/mol. The number of benzene rings is 1. The molecular formula is C15H19NO4. The van der Waals surface area contributed by atoms with Crippen LogP contribution in [0.1, 0.15) is 29.5 Å². The predicted molar refractivity (Wildman–Crippen MR) is 76.0 cm³/mol. The Morgan fingerprint density at radius 1 is 1.40 bits per heavy atom. The fraction of sp³-hybridized carbons (Fsp3) is 0.400. The summed E-state index contributed by atoms with van der Waals surface area (Å²) in [5.74, 6) is -0.490. The highest BCUT2D eigenvalue weighted by Crippen LogP contribution is 2.25. The van der Waals surface area contributed by atoms with Crippen LogP contribution in [-0.2, 0) is 11.3 Å². The summed E-state index contributed by atoms with van der Waals surface area (Å²) in [4.78, 5) is 11.4. The first-order chi connectivity index (χ1) is 9.74. The maximum atomic E-state index is 11.4. The fourth-order valence-electron chi connectivity index (χ4n) is 2.10. The van der Waals surface area contributed by atoms with E-state index in [-0.39, 0.29) is 5.56 Å². The van der Waals surface area contributed by atoms with E-state index >= 15 is 0 Å². The van der Waals surface area contributed by atoms with Gasteiger partial charge in [0.1, 0.15) is 16.9 Å².